The Morgan fingerprint density at radius 1 is 1.10 bits per heavy atom. The number of hydrogen-bond acceptors (Lipinski definition) is 2. The van der Waals surface area contributed by atoms with Crippen molar-refractivity contribution in [2.24, 2.45) is 0 Å². The molecular formula is C18H14N2O. The first kappa shape index (κ1) is 14.4. The third kappa shape index (κ3) is 3.49. The van der Waals surface area contributed by atoms with Crippen LogP contribution < -0.4 is 4.90 Å². The van der Waals surface area contributed by atoms with Crippen LogP contribution in [-0.2, 0) is 11.3 Å². The normalized spacial score (nSPS) is 9.14. The van der Waals surface area contributed by atoms with Gasteiger partial charge < -0.3 is 0 Å². The van der Waals surface area contributed by atoms with Gasteiger partial charge in [-0.25, -0.2) is 0 Å². The Kier molecular flexibility index (Phi) is 4.75. The second-order valence-electron chi connectivity index (χ2n) is 4.38. The number of carbonyl (C=O) groups is 1. The number of nitriles is 1. The number of carbonyl (C=O) groups excluding carboxylic acids is 1. The van der Waals surface area contributed by atoms with E-state index in [-0.39, 0.29) is 0 Å². The molecule has 102 valence electrons. The van der Waals surface area contributed by atoms with E-state index >= 15 is 0 Å². The standard InChI is InChI=1S/C18H14N2O/c1-2-8-16-11-6-7-12-17(16)20(18(21)13-19)14-15-9-4-3-5-10-15/h3-7,9-12H,14H2,1H3. The summed E-state index contributed by atoms with van der Waals surface area (Å²) in [6.07, 6.45) is 0. The summed E-state index contributed by atoms with van der Waals surface area (Å²) >= 11 is 0. The molecule has 0 saturated heterocycles. The SMILES string of the molecule is CC#Cc1ccccc1N(Cc1ccccc1)C(=O)C#N. The number of amides is 1. The minimum Gasteiger partial charge on any atom is -0.294 e. The fraction of sp³-hybridized carbons (Fsp3) is 0.111. The van der Waals surface area contributed by atoms with Crippen LogP contribution in [0.15, 0.2) is 54.6 Å². The van der Waals surface area contributed by atoms with Crippen LogP contribution in [0, 0.1) is 23.2 Å². The van der Waals surface area contributed by atoms with Crippen molar-refractivity contribution >= 4 is 11.6 Å². The molecule has 0 atom stereocenters. The van der Waals surface area contributed by atoms with Crippen molar-refractivity contribution in [1.29, 1.82) is 5.26 Å². The van der Waals surface area contributed by atoms with Gasteiger partial charge in [0.1, 0.15) is 0 Å². The fourth-order valence-corrected chi connectivity index (χ4v) is 2.04. The molecule has 0 unspecified atom stereocenters. The molecule has 3 nitrogen and oxygen atoms in total. The number of rotatable bonds is 3. The first-order chi connectivity index (χ1) is 10.3. The maximum absolute atomic E-state index is 12.0. The zero-order valence-corrected chi connectivity index (χ0v) is 11.7. The lowest BCUT2D eigenvalue weighted by atomic mass is 10.1. The third-order valence-electron chi connectivity index (χ3n) is 2.98. The number of hydrogen-bond donors (Lipinski definition) is 0. The van der Waals surface area contributed by atoms with Crippen molar-refractivity contribution in [2.75, 3.05) is 4.90 Å². The lowest BCUT2D eigenvalue weighted by Crippen LogP contribution is -2.29. The van der Waals surface area contributed by atoms with Crippen LogP contribution in [0.3, 0.4) is 0 Å². The number of para-hydroxylation sites is 1. The van der Waals surface area contributed by atoms with Crippen LogP contribution in [0.4, 0.5) is 5.69 Å². The first-order valence-electron chi connectivity index (χ1n) is 6.53. The molecule has 1 amide bonds. The smallest absolute Gasteiger partial charge is 0.294 e. The highest BCUT2D eigenvalue weighted by molar-refractivity contribution is 6.05. The Hall–Kier alpha value is -3.04. The predicted molar refractivity (Wildman–Crippen MR) is 82.2 cm³/mol. The molecule has 0 saturated carbocycles. The summed E-state index contributed by atoms with van der Waals surface area (Å²) in [7, 11) is 0. The summed E-state index contributed by atoms with van der Waals surface area (Å²) in [6.45, 7) is 2.08. The molecule has 0 aliphatic carbocycles. The first-order valence-corrected chi connectivity index (χ1v) is 6.53. The molecule has 0 aromatic heterocycles. The largest absolute Gasteiger partial charge is 0.329 e. The number of nitrogens with zero attached hydrogens (tertiary/aromatic N) is 2. The second-order valence-corrected chi connectivity index (χ2v) is 4.38. The molecule has 2 rings (SSSR count). The van der Waals surface area contributed by atoms with Crippen molar-refractivity contribution in [3.8, 4) is 17.9 Å². The summed E-state index contributed by atoms with van der Waals surface area (Å²) in [5.41, 5.74) is 2.35. The summed E-state index contributed by atoms with van der Waals surface area (Å²) in [5.74, 6) is 5.20. The van der Waals surface area contributed by atoms with Gasteiger partial charge in [0, 0.05) is 5.56 Å². The molecule has 0 aliphatic rings. The van der Waals surface area contributed by atoms with Gasteiger partial charge in [-0.1, -0.05) is 48.4 Å². The Bertz CT molecular complexity index is 733. The number of benzene rings is 2. The van der Waals surface area contributed by atoms with Gasteiger partial charge in [-0.2, -0.15) is 5.26 Å². The maximum Gasteiger partial charge on any atom is 0.329 e. The lowest BCUT2D eigenvalue weighted by molar-refractivity contribution is -0.113. The topological polar surface area (TPSA) is 44.1 Å². The molecule has 2 aromatic rings. The van der Waals surface area contributed by atoms with E-state index in [0.717, 1.165) is 11.1 Å². The maximum atomic E-state index is 12.0. The van der Waals surface area contributed by atoms with Crippen molar-refractivity contribution in [1.82, 2.24) is 0 Å². The Morgan fingerprint density at radius 3 is 2.43 bits per heavy atom. The van der Waals surface area contributed by atoms with E-state index in [1.165, 1.54) is 4.90 Å². The van der Waals surface area contributed by atoms with E-state index in [1.54, 1.807) is 19.1 Å². The molecule has 0 heterocycles. The molecule has 0 aliphatic heterocycles. The summed E-state index contributed by atoms with van der Waals surface area (Å²) in [5, 5.41) is 8.99. The van der Waals surface area contributed by atoms with E-state index in [0.29, 0.717) is 12.2 Å². The highest BCUT2D eigenvalue weighted by atomic mass is 16.2. The zero-order chi connectivity index (χ0) is 15.1. The van der Waals surface area contributed by atoms with Crippen LogP contribution in [0.2, 0.25) is 0 Å². The molecule has 0 radical (unpaired) electrons. The molecule has 21 heavy (non-hydrogen) atoms. The minimum atomic E-state index is -0.593. The minimum absolute atomic E-state index is 0.343. The Labute approximate surface area is 124 Å². The van der Waals surface area contributed by atoms with Crippen LogP contribution in [-0.4, -0.2) is 5.91 Å². The van der Waals surface area contributed by atoms with Gasteiger partial charge in [0.2, 0.25) is 0 Å². The van der Waals surface area contributed by atoms with Crippen LogP contribution >= 0.6 is 0 Å². The molecule has 0 bridgehead atoms. The van der Waals surface area contributed by atoms with Crippen LogP contribution in [0.25, 0.3) is 0 Å². The van der Waals surface area contributed by atoms with Crippen molar-refractivity contribution < 1.29 is 4.79 Å². The van der Waals surface area contributed by atoms with E-state index in [4.69, 9.17) is 5.26 Å². The van der Waals surface area contributed by atoms with Gasteiger partial charge in [0.15, 0.2) is 6.07 Å². The van der Waals surface area contributed by atoms with Gasteiger partial charge >= 0.3 is 5.91 Å². The molecule has 0 spiro atoms. The predicted octanol–water partition coefficient (Wildman–Crippen LogP) is 3.11. The molecule has 2 aromatic carbocycles. The van der Waals surface area contributed by atoms with Gasteiger partial charge in [0.05, 0.1) is 12.2 Å². The highest BCUT2D eigenvalue weighted by Crippen LogP contribution is 2.22. The van der Waals surface area contributed by atoms with Gasteiger partial charge in [-0.05, 0) is 24.6 Å². The Balaban J connectivity index is 2.44. The summed E-state index contributed by atoms with van der Waals surface area (Å²) in [4.78, 5) is 13.4. The average Bonchev–Trinajstić information content (AvgIpc) is 2.54. The average molecular weight is 274 g/mol. The highest BCUT2D eigenvalue weighted by Gasteiger charge is 2.17. The van der Waals surface area contributed by atoms with E-state index < -0.39 is 5.91 Å². The van der Waals surface area contributed by atoms with E-state index in [9.17, 15) is 4.79 Å². The quantitative estimate of drug-likeness (QED) is 0.637. The number of anilines is 1. The molecular weight excluding hydrogens is 260 g/mol. The lowest BCUT2D eigenvalue weighted by Gasteiger charge is -2.21. The third-order valence-corrected chi connectivity index (χ3v) is 2.98. The van der Waals surface area contributed by atoms with Crippen molar-refractivity contribution in [2.45, 2.75) is 13.5 Å². The van der Waals surface area contributed by atoms with E-state index in [2.05, 4.69) is 11.8 Å². The van der Waals surface area contributed by atoms with Gasteiger partial charge in [-0.3, -0.25) is 9.69 Å². The monoisotopic (exact) mass is 274 g/mol. The summed E-state index contributed by atoms with van der Waals surface area (Å²) < 4.78 is 0. The summed E-state index contributed by atoms with van der Waals surface area (Å²) in [6, 6.07) is 18.6. The van der Waals surface area contributed by atoms with Crippen LogP contribution in [0.1, 0.15) is 18.1 Å². The fourth-order valence-electron chi connectivity index (χ4n) is 2.04. The van der Waals surface area contributed by atoms with Crippen molar-refractivity contribution in [3.05, 3.63) is 65.7 Å². The van der Waals surface area contributed by atoms with Crippen LogP contribution in [0.5, 0.6) is 0 Å². The van der Waals surface area contributed by atoms with Crippen molar-refractivity contribution in [3.63, 3.8) is 0 Å². The molecule has 0 fully saturated rings. The molecule has 3 heteroatoms. The molecule has 0 N–H and O–H groups in total. The second kappa shape index (κ2) is 6.93. The van der Waals surface area contributed by atoms with Gasteiger partial charge in [-0.15, -0.1) is 5.92 Å². The van der Waals surface area contributed by atoms with E-state index in [1.807, 2.05) is 48.5 Å². The zero-order valence-electron chi connectivity index (χ0n) is 11.7. The Morgan fingerprint density at radius 2 is 1.76 bits per heavy atom. The van der Waals surface area contributed by atoms with Gasteiger partial charge in [0.25, 0.3) is 0 Å².